The third-order valence-electron chi connectivity index (χ3n) is 7.16. The topological polar surface area (TPSA) is 0 Å². The quantitative estimate of drug-likeness (QED) is 0.225. The lowest BCUT2D eigenvalue weighted by Gasteiger charge is -2.49. The van der Waals surface area contributed by atoms with E-state index in [9.17, 15) is 0 Å². The van der Waals surface area contributed by atoms with Crippen molar-refractivity contribution in [2.75, 3.05) is 0 Å². The molecule has 1 fully saturated rings. The maximum Gasteiger partial charge on any atom is 0.0335 e. The van der Waals surface area contributed by atoms with Gasteiger partial charge in [0.05, 0.1) is 0 Å². The van der Waals surface area contributed by atoms with Crippen molar-refractivity contribution in [1.82, 2.24) is 0 Å². The van der Waals surface area contributed by atoms with Crippen molar-refractivity contribution in [3.63, 3.8) is 0 Å². The standard InChI is InChI=1S/C31H28P2/c1-5-13-27(14-6-1)32(28-15-7-2-8-16-28)31(24-25-21-22-26(31)23-25)33(29-17-9-3-10-18-29)30-19-11-4-12-20-30/h1-22,25-26H,23-24H2. The van der Waals surface area contributed by atoms with E-state index in [0.29, 0.717) is 11.8 Å². The van der Waals surface area contributed by atoms with Gasteiger partial charge in [-0.3, -0.25) is 0 Å². The smallest absolute Gasteiger partial charge is 0.0335 e. The lowest BCUT2D eigenvalue weighted by Crippen LogP contribution is -2.42. The summed E-state index contributed by atoms with van der Waals surface area (Å²) in [5, 5.41) is 6.05. The summed E-state index contributed by atoms with van der Waals surface area (Å²) < 4.78 is 0. The highest BCUT2D eigenvalue weighted by Gasteiger charge is 2.58. The van der Waals surface area contributed by atoms with Crippen LogP contribution in [-0.4, -0.2) is 4.90 Å². The molecular weight excluding hydrogens is 434 g/mol. The van der Waals surface area contributed by atoms with Gasteiger partial charge in [0, 0.05) is 4.90 Å². The Morgan fingerprint density at radius 2 is 0.848 bits per heavy atom. The van der Waals surface area contributed by atoms with E-state index in [2.05, 4.69) is 133 Å². The van der Waals surface area contributed by atoms with Crippen LogP contribution in [-0.2, 0) is 0 Å². The molecule has 0 aromatic heterocycles. The molecule has 0 aliphatic heterocycles. The highest BCUT2D eigenvalue weighted by atomic mass is 31.2. The van der Waals surface area contributed by atoms with Crippen LogP contribution in [0, 0.1) is 11.8 Å². The molecule has 4 aromatic carbocycles. The molecule has 2 aliphatic rings. The minimum absolute atomic E-state index is 0.204. The van der Waals surface area contributed by atoms with Crippen LogP contribution in [0.1, 0.15) is 12.8 Å². The monoisotopic (exact) mass is 462 g/mol. The summed E-state index contributed by atoms with van der Waals surface area (Å²) in [6.45, 7) is 0. The van der Waals surface area contributed by atoms with Gasteiger partial charge < -0.3 is 0 Å². The molecule has 1 saturated carbocycles. The average molecular weight is 463 g/mol. The van der Waals surface area contributed by atoms with Gasteiger partial charge >= 0.3 is 0 Å². The van der Waals surface area contributed by atoms with Gasteiger partial charge in [-0.25, -0.2) is 0 Å². The largest absolute Gasteiger partial charge is 0.0850 e. The Labute approximate surface area is 199 Å². The number of benzene rings is 4. The first kappa shape index (κ1) is 21.0. The highest BCUT2D eigenvalue weighted by Crippen LogP contribution is 2.75. The molecule has 162 valence electrons. The van der Waals surface area contributed by atoms with Crippen molar-refractivity contribution in [1.29, 1.82) is 0 Å². The second-order valence-corrected chi connectivity index (χ2v) is 14.4. The van der Waals surface area contributed by atoms with Gasteiger partial charge in [0.2, 0.25) is 0 Å². The van der Waals surface area contributed by atoms with Crippen molar-refractivity contribution in [3.05, 3.63) is 133 Å². The van der Waals surface area contributed by atoms with Gasteiger partial charge in [0.1, 0.15) is 0 Å². The molecule has 33 heavy (non-hydrogen) atoms. The summed E-state index contributed by atoms with van der Waals surface area (Å²) in [6.07, 6.45) is 7.67. The zero-order valence-corrected chi connectivity index (χ0v) is 20.5. The molecule has 2 heteroatoms. The van der Waals surface area contributed by atoms with Gasteiger partial charge in [0.25, 0.3) is 0 Å². The van der Waals surface area contributed by atoms with Crippen LogP contribution in [0.3, 0.4) is 0 Å². The molecule has 0 spiro atoms. The van der Waals surface area contributed by atoms with Crippen molar-refractivity contribution < 1.29 is 0 Å². The zero-order chi connectivity index (χ0) is 22.1. The van der Waals surface area contributed by atoms with E-state index in [1.807, 2.05) is 0 Å². The van der Waals surface area contributed by atoms with Crippen LogP contribution >= 0.6 is 15.8 Å². The molecule has 2 atom stereocenters. The van der Waals surface area contributed by atoms with E-state index < -0.39 is 15.8 Å². The lowest BCUT2D eigenvalue weighted by atomic mass is 10.1. The Hall–Kier alpha value is -2.52. The van der Waals surface area contributed by atoms with Crippen LogP contribution in [0.2, 0.25) is 0 Å². The maximum absolute atomic E-state index is 2.58. The normalized spacial score (nSPS) is 20.5. The molecule has 0 heterocycles. The van der Waals surface area contributed by atoms with E-state index in [4.69, 9.17) is 0 Å². The predicted molar refractivity (Wildman–Crippen MR) is 146 cm³/mol. The van der Waals surface area contributed by atoms with Crippen molar-refractivity contribution in [2.24, 2.45) is 11.8 Å². The Morgan fingerprint density at radius 1 is 0.485 bits per heavy atom. The van der Waals surface area contributed by atoms with Crippen LogP contribution in [0.25, 0.3) is 0 Å². The fourth-order valence-corrected chi connectivity index (χ4v) is 14.3. The Kier molecular flexibility index (Phi) is 5.75. The second-order valence-electron chi connectivity index (χ2n) is 9.08. The summed E-state index contributed by atoms with van der Waals surface area (Å²) in [5.41, 5.74) is 0. The minimum Gasteiger partial charge on any atom is -0.0850 e. The third-order valence-corrected chi connectivity index (χ3v) is 14.2. The van der Waals surface area contributed by atoms with E-state index in [-0.39, 0.29) is 4.90 Å². The van der Waals surface area contributed by atoms with Gasteiger partial charge in [-0.2, -0.15) is 0 Å². The number of fused-ring (bicyclic) bond motifs is 2. The molecule has 0 N–H and O–H groups in total. The summed E-state index contributed by atoms with van der Waals surface area (Å²) in [4.78, 5) is 0.204. The van der Waals surface area contributed by atoms with E-state index >= 15 is 0 Å². The van der Waals surface area contributed by atoms with E-state index in [0.717, 1.165) is 0 Å². The lowest BCUT2D eigenvalue weighted by molar-refractivity contribution is 0.660. The number of hydrogen-bond donors (Lipinski definition) is 0. The summed E-state index contributed by atoms with van der Waals surface area (Å²) in [7, 11) is -1.12. The van der Waals surface area contributed by atoms with Crippen LogP contribution < -0.4 is 21.2 Å². The van der Waals surface area contributed by atoms with Crippen molar-refractivity contribution in [3.8, 4) is 0 Å². The minimum atomic E-state index is -0.560. The Balaban J connectivity index is 1.65. The summed E-state index contributed by atoms with van der Waals surface area (Å²) >= 11 is 0. The van der Waals surface area contributed by atoms with Crippen LogP contribution in [0.15, 0.2) is 133 Å². The predicted octanol–water partition coefficient (Wildman–Crippen LogP) is 6.54. The van der Waals surface area contributed by atoms with Crippen molar-refractivity contribution >= 4 is 37.1 Å². The fourth-order valence-electron chi connectivity index (χ4n) is 5.92. The summed E-state index contributed by atoms with van der Waals surface area (Å²) in [5.74, 6) is 1.31. The molecule has 0 saturated heterocycles. The number of rotatable bonds is 6. The maximum atomic E-state index is 2.58. The fraction of sp³-hybridized carbons (Fsp3) is 0.161. The Morgan fingerprint density at radius 3 is 1.12 bits per heavy atom. The molecule has 0 nitrogen and oxygen atoms in total. The molecule has 2 aliphatic carbocycles. The first-order valence-corrected chi connectivity index (χ1v) is 14.5. The second kappa shape index (κ2) is 9.02. The van der Waals surface area contributed by atoms with E-state index in [1.54, 1.807) is 0 Å². The first-order valence-electron chi connectivity index (χ1n) is 11.9. The molecule has 6 rings (SSSR count). The summed E-state index contributed by atoms with van der Waals surface area (Å²) in [6, 6.07) is 45.6. The first-order chi connectivity index (χ1) is 16.4. The molecule has 0 radical (unpaired) electrons. The highest BCUT2D eigenvalue weighted by molar-refractivity contribution is 7.91. The van der Waals surface area contributed by atoms with Gasteiger partial charge in [-0.05, 0) is 61.7 Å². The molecule has 2 bridgehead atoms. The SMILES string of the molecule is C1=CC2CC1CC2(P(c1ccccc1)c1ccccc1)P(c1ccccc1)c1ccccc1. The zero-order valence-electron chi connectivity index (χ0n) is 18.7. The Bertz CT molecular complexity index is 1060. The van der Waals surface area contributed by atoms with E-state index in [1.165, 1.54) is 34.1 Å². The van der Waals surface area contributed by atoms with Crippen LogP contribution in [0.5, 0.6) is 0 Å². The third kappa shape index (κ3) is 3.71. The van der Waals surface area contributed by atoms with Gasteiger partial charge in [-0.1, -0.05) is 133 Å². The number of allylic oxidation sites excluding steroid dienone is 2. The molecule has 4 aromatic rings. The molecule has 0 amide bonds. The van der Waals surface area contributed by atoms with Crippen molar-refractivity contribution in [2.45, 2.75) is 17.7 Å². The van der Waals surface area contributed by atoms with Gasteiger partial charge in [0.15, 0.2) is 0 Å². The van der Waals surface area contributed by atoms with Gasteiger partial charge in [-0.15, -0.1) is 0 Å². The average Bonchev–Trinajstić information content (AvgIpc) is 3.49. The number of hydrogen-bond acceptors (Lipinski definition) is 0. The molecule has 2 unspecified atom stereocenters. The van der Waals surface area contributed by atoms with Crippen LogP contribution in [0.4, 0.5) is 0 Å². The molecular formula is C31H28P2.